The summed E-state index contributed by atoms with van der Waals surface area (Å²) in [6, 6.07) is 0. The molecule has 0 spiro atoms. The standard InChI is InChI=1S/C16H18N6S/c1-8-18-15(13-11-4-3-5-12(11)23-16(13)19-8)22-6-10(7-22)14-17-9(2)20-21-14/h10H,3-7H2,1-2H3,(H,17,20,21). The van der Waals surface area contributed by atoms with E-state index in [0.717, 1.165) is 41.2 Å². The molecule has 1 saturated heterocycles. The Bertz CT molecular complexity index is 905. The van der Waals surface area contributed by atoms with Crippen LogP contribution in [-0.2, 0) is 12.8 Å². The van der Waals surface area contributed by atoms with Crippen molar-refractivity contribution in [2.75, 3.05) is 18.0 Å². The lowest BCUT2D eigenvalue weighted by atomic mass is 9.98. The molecule has 4 heterocycles. The minimum Gasteiger partial charge on any atom is -0.354 e. The highest BCUT2D eigenvalue weighted by molar-refractivity contribution is 7.19. The molecule has 3 aromatic rings. The van der Waals surface area contributed by atoms with Crippen molar-refractivity contribution in [2.24, 2.45) is 0 Å². The first-order chi connectivity index (χ1) is 11.2. The topological polar surface area (TPSA) is 70.6 Å². The molecule has 1 N–H and O–H groups in total. The summed E-state index contributed by atoms with van der Waals surface area (Å²) in [7, 11) is 0. The molecule has 118 valence electrons. The van der Waals surface area contributed by atoms with E-state index >= 15 is 0 Å². The lowest BCUT2D eigenvalue weighted by molar-refractivity contribution is 0.498. The van der Waals surface area contributed by atoms with Crippen LogP contribution in [0.15, 0.2) is 0 Å². The largest absolute Gasteiger partial charge is 0.354 e. The molecular weight excluding hydrogens is 308 g/mol. The monoisotopic (exact) mass is 326 g/mol. The molecule has 0 atom stereocenters. The fourth-order valence-corrected chi connectivity index (χ4v) is 4.97. The lowest BCUT2D eigenvalue weighted by Crippen LogP contribution is -2.46. The normalized spacial score (nSPS) is 17.7. The summed E-state index contributed by atoms with van der Waals surface area (Å²) in [4.78, 5) is 19.0. The van der Waals surface area contributed by atoms with Gasteiger partial charge in [0.2, 0.25) is 0 Å². The van der Waals surface area contributed by atoms with Crippen molar-refractivity contribution < 1.29 is 0 Å². The Morgan fingerprint density at radius 1 is 1.13 bits per heavy atom. The Hall–Kier alpha value is -2.02. The molecule has 3 aromatic heterocycles. The number of rotatable bonds is 2. The maximum absolute atomic E-state index is 4.78. The molecule has 1 fully saturated rings. The Morgan fingerprint density at radius 3 is 2.78 bits per heavy atom. The molecule has 1 aliphatic heterocycles. The van der Waals surface area contributed by atoms with E-state index in [1.54, 1.807) is 0 Å². The first kappa shape index (κ1) is 13.4. The van der Waals surface area contributed by atoms with E-state index in [9.17, 15) is 0 Å². The van der Waals surface area contributed by atoms with Crippen molar-refractivity contribution in [3.8, 4) is 0 Å². The zero-order chi connectivity index (χ0) is 15.6. The van der Waals surface area contributed by atoms with Gasteiger partial charge in [0.05, 0.1) is 11.3 Å². The van der Waals surface area contributed by atoms with Crippen molar-refractivity contribution in [1.29, 1.82) is 0 Å². The van der Waals surface area contributed by atoms with Gasteiger partial charge in [0, 0.05) is 18.0 Å². The van der Waals surface area contributed by atoms with Crippen LogP contribution in [0, 0.1) is 13.8 Å². The summed E-state index contributed by atoms with van der Waals surface area (Å²) >= 11 is 1.86. The number of aromatic nitrogens is 5. The van der Waals surface area contributed by atoms with Gasteiger partial charge in [-0.2, -0.15) is 5.10 Å². The average molecular weight is 326 g/mol. The number of aromatic amines is 1. The first-order valence-corrected chi connectivity index (χ1v) is 8.93. The van der Waals surface area contributed by atoms with Gasteiger partial charge in [-0.15, -0.1) is 11.3 Å². The number of nitrogens with one attached hydrogen (secondary N) is 1. The number of anilines is 1. The molecule has 0 amide bonds. The molecule has 5 rings (SSSR count). The Kier molecular flexibility index (Phi) is 2.76. The highest BCUT2D eigenvalue weighted by atomic mass is 32.1. The fraction of sp³-hybridized carbons (Fsp3) is 0.500. The summed E-state index contributed by atoms with van der Waals surface area (Å²) in [5.74, 6) is 4.20. The average Bonchev–Trinajstić information content (AvgIpc) is 3.12. The van der Waals surface area contributed by atoms with Gasteiger partial charge in [0.15, 0.2) is 5.82 Å². The van der Waals surface area contributed by atoms with E-state index in [1.165, 1.54) is 35.1 Å². The van der Waals surface area contributed by atoms with Crippen LogP contribution >= 0.6 is 11.3 Å². The molecule has 0 saturated carbocycles. The highest BCUT2D eigenvalue weighted by Crippen LogP contribution is 2.42. The molecule has 0 bridgehead atoms. The van der Waals surface area contributed by atoms with Gasteiger partial charge in [0.25, 0.3) is 0 Å². The van der Waals surface area contributed by atoms with Crippen LogP contribution < -0.4 is 4.90 Å². The molecule has 6 nitrogen and oxygen atoms in total. The van der Waals surface area contributed by atoms with Gasteiger partial charge in [-0.1, -0.05) is 0 Å². The number of thiophene rings is 1. The van der Waals surface area contributed by atoms with Gasteiger partial charge >= 0.3 is 0 Å². The van der Waals surface area contributed by atoms with Crippen LogP contribution in [0.2, 0.25) is 0 Å². The van der Waals surface area contributed by atoms with Crippen molar-refractivity contribution >= 4 is 27.4 Å². The van der Waals surface area contributed by atoms with Crippen LogP contribution in [0.5, 0.6) is 0 Å². The minimum absolute atomic E-state index is 0.400. The third-order valence-electron chi connectivity index (χ3n) is 4.82. The summed E-state index contributed by atoms with van der Waals surface area (Å²) in [5, 5.41) is 8.54. The van der Waals surface area contributed by atoms with Crippen molar-refractivity contribution in [3.05, 3.63) is 27.9 Å². The van der Waals surface area contributed by atoms with Crippen molar-refractivity contribution in [3.63, 3.8) is 0 Å². The van der Waals surface area contributed by atoms with Gasteiger partial charge in [-0.05, 0) is 38.7 Å². The van der Waals surface area contributed by atoms with Gasteiger partial charge < -0.3 is 4.90 Å². The smallest absolute Gasteiger partial charge is 0.157 e. The van der Waals surface area contributed by atoms with Crippen LogP contribution in [0.1, 0.15) is 40.3 Å². The summed E-state index contributed by atoms with van der Waals surface area (Å²) in [5.41, 5.74) is 1.50. The van der Waals surface area contributed by atoms with E-state index in [2.05, 4.69) is 25.1 Å². The van der Waals surface area contributed by atoms with E-state index < -0.39 is 0 Å². The molecule has 2 aliphatic rings. The van der Waals surface area contributed by atoms with Crippen molar-refractivity contribution in [1.82, 2.24) is 25.1 Å². The molecule has 23 heavy (non-hydrogen) atoms. The number of hydrogen-bond acceptors (Lipinski definition) is 6. The number of hydrogen-bond donors (Lipinski definition) is 1. The van der Waals surface area contributed by atoms with Crippen LogP contribution in [-0.4, -0.2) is 38.2 Å². The fourth-order valence-electron chi connectivity index (χ4n) is 3.67. The highest BCUT2D eigenvalue weighted by Gasteiger charge is 2.34. The maximum atomic E-state index is 4.78. The van der Waals surface area contributed by atoms with Gasteiger partial charge in [-0.3, -0.25) is 5.10 Å². The predicted octanol–water partition coefficient (Wildman–Crippen LogP) is 2.52. The van der Waals surface area contributed by atoms with Crippen LogP contribution in [0.4, 0.5) is 5.82 Å². The second-order valence-corrected chi connectivity index (χ2v) is 7.60. The van der Waals surface area contributed by atoms with Crippen molar-refractivity contribution in [2.45, 2.75) is 39.0 Å². The van der Waals surface area contributed by atoms with E-state index in [-0.39, 0.29) is 0 Å². The number of fused-ring (bicyclic) bond motifs is 3. The third kappa shape index (κ3) is 1.99. The Balaban J connectivity index is 1.51. The minimum atomic E-state index is 0.400. The SMILES string of the molecule is Cc1nc(N2CC(c3n[nH]c(C)n3)C2)c2c3c(sc2n1)CCC3. The van der Waals surface area contributed by atoms with E-state index in [1.807, 2.05) is 25.2 Å². The van der Waals surface area contributed by atoms with Gasteiger partial charge in [-0.25, -0.2) is 15.0 Å². The van der Waals surface area contributed by atoms with E-state index in [4.69, 9.17) is 4.98 Å². The summed E-state index contributed by atoms with van der Waals surface area (Å²) < 4.78 is 0. The number of aryl methyl sites for hydroxylation is 4. The Labute approximate surface area is 138 Å². The van der Waals surface area contributed by atoms with Crippen LogP contribution in [0.25, 0.3) is 10.2 Å². The second kappa shape index (κ2) is 4.74. The zero-order valence-corrected chi connectivity index (χ0v) is 14.1. The van der Waals surface area contributed by atoms with Crippen LogP contribution in [0.3, 0.4) is 0 Å². The summed E-state index contributed by atoms with van der Waals surface area (Å²) in [6.45, 7) is 5.81. The number of H-pyrrole nitrogens is 1. The Morgan fingerprint density at radius 2 is 2.00 bits per heavy atom. The molecule has 1 aliphatic carbocycles. The summed E-state index contributed by atoms with van der Waals surface area (Å²) in [6.07, 6.45) is 3.64. The predicted molar refractivity (Wildman–Crippen MR) is 90.3 cm³/mol. The number of nitrogens with zero attached hydrogens (tertiary/aromatic N) is 5. The lowest BCUT2D eigenvalue weighted by Gasteiger charge is -2.39. The molecule has 0 unspecified atom stereocenters. The third-order valence-corrected chi connectivity index (χ3v) is 6.00. The van der Waals surface area contributed by atoms with Gasteiger partial charge in [0.1, 0.15) is 22.3 Å². The van der Waals surface area contributed by atoms with E-state index in [0.29, 0.717) is 5.92 Å². The quantitative estimate of drug-likeness (QED) is 0.783. The maximum Gasteiger partial charge on any atom is 0.157 e. The molecule has 0 radical (unpaired) electrons. The zero-order valence-electron chi connectivity index (χ0n) is 13.3. The second-order valence-electron chi connectivity index (χ2n) is 6.51. The molecule has 0 aromatic carbocycles. The molecule has 7 heteroatoms. The molecular formula is C16H18N6S. The first-order valence-electron chi connectivity index (χ1n) is 8.12.